The molecule has 0 aromatic carbocycles. The molecule has 0 bridgehead atoms. The zero-order valence-corrected chi connectivity index (χ0v) is 13.8. The van der Waals surface area contributed by atoms with E-state index in [-0.39, 0.29) is 10.8 Å². The Hall–Kier alpha value is -0.0000000000000000555. The fourth-order valence-electron chi connectivity index (χ4n) is 2.58. The minimum Gasteiger partial charge on any atom is -0.326 e. The molecule has 0 saturated carbocycles. The van der Waals surface area contributed by atoms with Crippen LogP contribution in [0.4, 0.5) is 0 Å². The molecule has 0 amide bonds. The van der Waals surface area contributed by atoms with Gasteiger partial charge in [0, 0.05) is 23.8 Å². The standard InChI is InChI=1S/C13H22BrN3S/c1-4-17-10(12(14)9(2)16-17)8-11(15)13(3)6-5-7-18-13/h11H,4-8,15H2,1-3H3. The molecule has 0 spiro atoms. The minimum atomic E-state index is 0.197. The topological polar surface area (TPSA) is 43.8 Å². The van der Waals surface area contributed by atoms with Crippen LogP contribution >= 0.6 is 27.7 Å². The maximum absolute atomic E-state index is 6.46. The number of nitrogens with zero attached hydrogens (tertiary/aromatic N) is 2. The Labute approximate surface area is 122 Å². The summed E-state index contributed by atoms with van der Waals surface area (Å²) in [4.78, 5) is 0. The number of hydrogen-bond acceptors (Lipinski definition) is 3. The molecule has 1 aliphatic heterocycles. The molecule has 0 aliphatic carbocycles. The van der Waals surface area contributed by atoms with E-state index in [1.165, 1.54) is 24.3 Å². The normalized spacial score (nSPS) is 25.6. The van der Waals surface area contributed by atoms with Gasteiger partial charge in [-0.1, -0.05) is 0 Å². The molecule has 2 rings (SSSR count). The summed E-state index contributed by atoms with van der Waals surface area (Å²) in [6.07, 6.45) is 3.43. The van der Waals surface area contributed by atoms with E-state index in [9.17, 15) is 0 Å². The molecule has 1 aromatic rings. The first-order valence-corrected chi connectivity index (χ1v) is 8.37. The van der Waals surface area contributed by atoms with E-state index in [1.54, 1.807) is 0 Å². The number of aryl methyl sites for hydroxylation is 2. The van der Waals surface area contributed by atoms with Gasteiger partial charge in [-0.25, -0.2) is 0 Å². The van der Waals surface area contributed by atoms with Gasteiger partial charge in [0.1, 0.15) is 0 Å². The summed E-state index contributed by atoms with van der Waals surface area (Å²) in [5.74, 6) is 1.25. The molecule has 2 atom stereocenters. The van der Waals surface area contributed by atoms with Crippen molar-refractivity contribution in [1.82, 2.24) is 9.78 Å². The molecule has 3 nitrogen and oxygen atoms in total. The monoisotopic (exact) mass is 331 g/mol. The summed E-state index contributed by atoms with van der Waals surface area (Å²) in [6.45, 7) is 7.37. The van der Waals surface area contributed by atoms with Crippen molar-refractivity contribution in [2.24, 2.45) is 5.73 Å². The lowest BCUT2D eigenvalue weighted by Gasteiger charge is -2.30. The van der Waals surface area contributed by atoms with Gasteiger partial charge in [0.15, 0.2) is 0 Å². The summed E-state index contributed by atoms with van der Waals surface area (Å²) < 4.78 is 3.43. The lowest BCUT2D eigenvalue weighted by Crippen LogP contribution is -2.43. The smallest absolute Gasteiger partial charge is 0.0738 e. The van der Waals surface area contributed by atoms with Gasteiger partial charge in [0.2, 0.25) is 0 Å². The highest BCUT2D eigenvalue weighted by atomic mass is 79.9. The van der Waals surface area contributed by atoms with E-state index in [0.717, 1.165) is 23.1 Å². The van der Waals surface area contributed by atoms with Crippen LogP contribution in [0.5, 0.6) is 0 Å². The zero-order chi connectivity index (χ0) is 13.3. The summed E-state index contributed by atoms with van der Waals surface area (Å²) in [5.41, 5.74) is 8.77. The molecule has 1 saturated heterocycles. The third kappa shape index (κ3) is 2.63. The minimum absolute atomic E-state index is 0.197. The Morgan fingerprint density at radius 3 is 2.89 bits per heavy atom. The van der Waals surface area contributed by atoms with Gasteiger partial charge in [-0.05, 0) is 55.3 Å². The maximum Gasteiger partial charge on any atom is 0.0738 e. The van der Waals surface area contributed by atoms with Crippen LogP contribution in [-0.4, -0.2) is 26.3 Å². The van der Waals surface area contributed by atoms with Crippen LogP contribution in [0.1, 0.15) is 38.1 Å². The molecule has 1 fully saturated rings. The van der Waals surface area contributed by atoms with Gasteiger partial charge in [-0.3, -0.25) is 4.68 Å². The number of hydrogen-bond donors (Lipinski definition) is 1. The molecular weight excluding hydrogens is 310 g/mol. The third-order valence-corrected chi connectivity index (χ3v) is 6.59. The number of thioether (sulfide) groups is 1. The van der Waals surface area contributed by atoms with E-state index in [2.05, 4.69) is 39.6 Å². The first-order chi connectivity index (χ1) is 8.48. The molecule has 1 aromatic heterocycles. The van der Waals surface area contributed by atoms with Crippen molar-refractivity contribution in [3.63, 3.8) is 0 Å². The van der Waals surface area contributed by atoms with Crippen LogP contribution < -0.4 is 5.73 Å². The van der Waals surface area contributed by atoms with Gasteiger partial charge < -0.3 is 5.73 Å². The highest BCUT2D eigenvalue weighted by Gasteiger charge is 2.36. The van der Waals surface area contributed by atoms with Crippen LogP contribution in [0, 0.1) is 6.92 Å². The summed E-state index contributed by atoms with van der Waals surface area (Å²) >= 11 is 5.68. The third-order valence-electron chi connectivity index (χ3n) is 3.90. The largest absolute Gasteiger partial charge is 0.326 e. The van der Waals surface area contributed by atoms with Crippen LogP contribution in [-0.2, 0) is 13.0 Å². The molecule has 18 heavy (non-hydrogen) atoms. The first kappa shape index (κ1) is 14.4. The molecule has 2 N–H and O–H groups in total. The molecule has 102 valence electrons. The number of aromatic nitrogens is 2. The van der Waals surface area contributed by atoms with Gasteiger partial charge in [0.05, 0.1) is 15.9 Å². The van der Waals surface area contributed by atoms with Crippen molar-refractivity contribution >= 4 is 27.7 Å². The predicted octanol–water partition coefficient (Wildman–Crippen LogP) is 3.13. The fraction of sp³-hybridized carbons (Fsp3) is 0.769. The molecule has 5 heteroatoms. The Kier molecular flexibility index (Phi) is 4.44. The van der Waals surface area contributed by atoms with Crippen molar-refractivity contribution in [1.29, 1.82) is 0 Å². The quantitative estimate of drug-likeness (QED) is 0.921. The average Bonchev–Trinajstić information content (AvgIpc) is 2.89. The molecule has 0 radical (unpaired) electrons. The zero-order valence-electron chi connectivity index (χ0n) is 11.4. The van der Waals surface area contributed by atoms with E-state index >= 15 is 0 Å². The summed E-state index contributed by atoms with van der Waals surface area (Å²) in [5, 5.41) is 4.54. The van der Waals surface area contributed by atoms with Crippen LogP contribution in [0.15, 0.2) is 4.47 Å². The Morgan fingerprint density at radius 2 is 2.33 bits per heavy atom. The lowest BCUT2D eigenvalue weighted by atomic mass is 9.93. The molecule has 1 aliphatic rings. The molecule has 2 heterocycles. The number of rotatable bonds is 4. The van der Waals surface area contributed by atoms with E-state index in [0.29, 0.717) is 0 Å². The van der Waals surface area contributed by atoms with E-state index in [1.807, 2.05) is 18.7 Å². The maximum atomic E-state index is 6.46. The second kappa shape index (κ2) is 5.55. The van der Waals surface area contributed by atoms with E-state index in [4.69, 9.17) is 5.73 Å². The molecular formula is C13H22BrN3S. The predicted molar refractivity (Wildman–Crippen MR) is 82.1 cm³/mol. The van der Waals surface area contributed by atoms with Crippen molar-refractivity contribution in [3.8, 4) is 0 Å². The van der Waals surface area contributed by atoms with Crippen molar-refractivity contribution < 1.29 is 0 Å². The van der Waals surface area contributed by atoms with E-state index < -0.39 is 0 Å². The van der Waals surface area contributed by atoms with Gasteiger partial charge >= 0.3 is 0 Å². The Bertz CT molecular complexity index is 424. The van der Waals surface area contributed by atoms with Crippen molar-refractivity contribution in [3.05, 3.63) is 15.9 Å². The number of nitrogens with two attached hydrogens (primary N) is 1. The Morgan fingerprint density at radius 1 is 1.61 bits per heavy atom. The fourth-order valence-corrected chi connectivity index (χ4v) is 4.37. The van der Waals surface area contributed by atoms with Crippen LogP contribution in [0.2, 0.25) is 0 Å². The van der Waals surface area contributed by atoms with Crippen LogP contribution in [0.3, 0.4) is 0 Å². The highest BCUT2D eigenvalue weighted by molar-refractivity contribution is 9.10. The Balaban J connectivity index is 2.18. The van der Waals surface area contributed by atoms with Gasteiger partial charge in [0.25, 0.3) is 0 Å². The highest BCUT2D eigenvalue weighted by Crippen LogP contribution is 2.41. The first-order valence-electron chi connectivity index (χ1n) is 6.59. The summed E-state index contributed by atoms with van der Waals surface area (Å²) in [6, 6.07) is 0.197. The molecule has 2 unspecified atom stereocenters. The van der Waals surface area contributed by atoms with Crippen molar-refractivity contribution in [2.45, 2.75) is 57.4 Å². The van der Waals surface area contributed by atoms with Gasteiger partial charge in [-0.2, -0.15) is 16.9 Å². The second-order valence-corrected chi connectivity index (χ2v) is 7.66. The van der Waals surface area contributed by atoms with Crippen LogP contribution in [0.25, 0.3) is 0 Å². The lowest BCUT2D eigenvalue weighted by molar-refractivity contribution is 0.465. The second-order valence-electron chi connectivity index (χ2n) is 5.24. The average molecular weight is 332 g/mol. The van der Waals surface area contributed by atoms with Crippen molar-refractivity contribution in [2.75, 3.05) is 5.75 Å². The van der Waals surface area contributed by atoms with Gasteiger partial charge in [-0.15, -0.1) is 0 Å². The SMILES string of the molecule is CCn1nc(C)c(Br)c1CC(N)C1(C)CCCS1. The summed E-state index contributed by atoms with van der Waals surface area (Å²) in [7, 11) is 0. The number of halogens is 1.